The summed E-state index contributed by atoms with van der Waals surface area (Å²) in [6.07, 6.45) is 0. The van der Waals surface area contributed by atoms with Gasteiger partial charge in [0, 0.05) is 61.7 Å². The fraction of sp³-hybridized carbons (Fsp3) is 0. The average Bonchev–Trinajstić information content (AvgIpc) is 3.83. The molecule has 0 radical (unpaired) electrons. The van der Waals surface area contributed by atoms with Crippen molar-refractivity contribution in [1.82, 2.24) is 14.5 Å². The number of para-hydroxylation sites is 4. The number of fused-ring (bicyclic) bond motifs is 3. The van der Waals surface area contributed by atoms with Gasteiger partial charge in [0.25, 0.3) is 0 Å². The first-order valence-corrected chi connectivity index (χ1v) is 24.8. The van der Waals surface area contributed by atoms with Crippen LogP contribution < -0.4 is 9.80 Å². The van der Waals surface area contributed by atoms with E-state index < -0.39 is 0 Å². The van der Waals surface area contributed by atoms with E-state index in [2.05, 4.69) is 182 Å². The van der Waals surface area contributed by atoms with Crippen LogP contribution in [0, 0.1) is 35.8 Å². The maximum Gasteiger partial charge on any atom is 0.185 e. The minimum Gasteiger partial charge on any atom is -0.310 e. The molecule has 9 heteroatoms. The molecule has 0 saturated heterocycles. The maximum atomic E-state index is 9.48. The quantitative estimate of drug-likeness (QED) is 0.120. The number of hydrogen-bond acceptors (Lipinski definition) is 6. The van der Waals surface area contributed by atoms with E-state index in [9.17, 15) is 10.5 Å². The Balaban J connectivity index is 0.989. The van der Waals surface area contributed by atoms with Gasteiger partial charge in [0.15, 0.2) is 17.2 Å². The molecule has 0 aliphatic carbocycles. The van der Waals surface area contributed by atoms with E-state index >= 15 is 0 Å². The molecule has 9 nitrogen and oxygen atoms in total. The molecule has 0 atom stereocenters. The molecule has 0 aliphatic rings. The van der Waals surface area contributed by atoms with Crippen molar-refractivity contribution in [2.75, 3.05) is 9.80 Å². The fourth-order valence-corrected chi connectivity index (χ4v) is 10.0. The second-order valence-electron chi connectivity index (χ2n) is 18.3. The van der Waals surface area contributed by atoms with Gasteiger partial charge in [-0.3, -0.25) is 0 Å². The highest BCUT2D eigenvalue weighted by molar-refractivity contribution is 6.12. The molecular weight excluding hydrogens is 943 g/mol. The van der Waals surface area contributed by atoms with E-state index in [1.165, 1.54) is 0 Å². The van der Waals surface area contributed by atoms with Crippen molar-refractivity contribution in [3.05, 3.63) is 283 Å². The van der Waals surface area contributed by atoms with Crippen LogP contribution in [0.2, 0.25) is 0 Å². The van der Waals surface area contributed by atoms with Gasteiger partial charge in [-0.15, -0.1) is 0 Å². The summed E-state index contributed by atoms with van der Waals surface area (Å²) in [6.45, 7) is 16.9. The number of nitriles is 2. The third-order valence-electron chi connectivity index (χ3n) is 13.7. The van der Waals surface area contributed by atoms with Crippen LogP contribution in [0.3, 0.4) is 0 Å². The molecule has 0 spiro atoms. The monoisotopic (exact) mass is 983 g/mol. The van der Waals surface area contributed by atoms with Gasteiger partial charge in [-0.2, -0.15) is 10.5 Å². The predicted octanol–water partition coefficient (Wildman–Crippen LogP) is 18.0. The van der Waals surface area contributed by atoms with Crippen LogP contribution >= 0.6 is 0 Å². The van der Waals surface area contributed by atoms with Crippen LogP contribution in [0.4, 0.5) is 45.5 Å². The highest BCUT2D eigenvalue weighted by Gasteiger charge is 2.22. The molecule has 0 saturated carbocycles. The maximum absolute atomic E-state index is 9.48. The zero-order valence-electron chi connectivity index (χ0n) is 41.2. The summed E-state index contributed by atoms with van der Waals surface area (Å²) in [5.41, 5.74) is 15.2. The predicted molar refractivity (Wildman–Crippen MR) is 309 cm³/mol. The molecule has 358 valence electrons. The third kappa shape index (κ3) is 8.92. The van der Waals surface area contributed by atoms with Crippen molar-refractivity contribution in [1.29, 1.82) is 10.5 Å². The summed E-state index contributed by atoms with van der Waals surface area (Å²) in [4.78, 5) is 22.5. The Kier molecular flexibility index (Phi) is 12.3. The number of hydrogen-bond donors (Lipinski definition) is 0. The molecule has 77 heavy (non-hydrogen) atoms. The van der Waals surface area contributed by atoms with E-state index in [0.29, 0.717) is 56.4 Å². The molecular formula is C68H41N9. The summed E-state index contributed by atoms with van der Waals surface area (Å²) in [7, 11) is 0. The van der Waals surface area contributed by atoms with E-state index in [1.807, 2.05) is 54.6 Å². The average molecular weight is 984 g/mol. The molecule has 0 amide bonds. The van der Waals surface area contributed by atoms with Crippen LogP contribution in [0.15, 0.2) is 249 Å². The first-order valence-electron chi connectivity index (χ1n) is 24.8. The molecule has 12 rings (SSSR count). The van der Waals surface area contributed by atoms with Gasteiger partial charge in [0.05, 0.1) is 58.8 Å². The Bertz CT molecular complexity index is 4010. The Hall–Kier alpha value is -11.4. The molecule has 12 aromatic rings. The van der Waals surface area contributed by atoms with Gasteiger partial charge < -0.3 is 14.4 Å². The third-order valence-corrected chi connectivity index (χ3v) is 13.7. The standard InChI is InChI=1S/C68H41N9/c1-71-63-39-51(62-43-61(48-27-23-46(44-69)24-28-48)73-68(74-62)50-29-25-47(45-70)26-30-50)40-64(72-2)67(63)49-31-33-56(34-32-49)77-65-37-35-57(75(52-15-7-3-8-16-52)53-17-9-4-10-18-53)41-59(65)60-42-58(36-38-66(60)77)76(54-19-11-5-12-20-54)55-21-13-6-14-22-55/h3-43H. The van der Waals surface area contributed by atoms with Gasteiger partial charge in [0.1, 0.15) is 0 Å². The Labute approximate surface area is 445 Å². The number of nitrogens with zero attached hydrogens (tertiary/aromatic N) is 9. The van der Waals surface area contributed by atoms with Crippen LogP contribution in [-0.4, -0.2) is 14.5 Å². The fourth-order valence-electron chi connectivity index (χ4n) is 10.0. The lowest BCUT2D eigenvalue weighted by Gasteiger charge is -2.26. The lowest BCUT2D eigenvalue weighted by atomic mass is 9.97. The normalized spacial score (nSPS) is 10.8. The number of benzene rings is 10. The zero-order chi connectivity index (χ0) is 52.2. The van der Waals surface area contributed by atoms with E-state index in [4.69, 9.17) is 23.1 Å². The first-order chi connectivity index (χ1) is 38.0. The smallest absolute Gasteiger partial charge is 0.185 e. The minimum absolute atomic E-state index is 0.305. The van der Waals surface area contributed by atoms with E-state index in [0.717, 1.165) is 72.7 Å². The molecule has 0 unspecified atom stereocenters. The molecule has 0 bridgehead atoms. The van der Waals surface area contributed by atoms with Gasteiger partial charge >= 0.3 is 0 Å². The minimum atomic E-state index is 0.305. The van der Waals surface area contributed by atoms with Crippen molar-refractivity contribution in [3.8, 4) is 62.9 Å². The molecule has 0 fully saturated rings. The summed E-state index contributed by atoms with van der Waals surface area (Å²) >= 11 is 0. The Morgan fingerprint density at radius 2 is 0.766 bits per heavy atom. The highest BCUT2D eigenvalue weighted by Crippen LogP contribution is 2.46. The van der Waals surface area contributed by atoms with Gasteiger partial charge in [-0.05, 0) is 168 Å². The lowest BCUT2D eigenvalue weighted by Crippen LogP contribution is -2.09. The van der Waals surface area contributed by atoms with E-state index in [1.54, 1.807) is 48.5 Å². The number of aromatic nitrogens is 3. The molecule has 0 aliphatic heterocycles. The Morgan fingerprint density at radius 1 is 0.377 bits per heavy atom. The van der Waals surface area contributed by atoms with Crippen molar-refractivity contribution in [2.24, 2.45) is 0 Å². The summed E-state index contributed by atoms with van der Waals surface area (Å²) in [5.74, 6) is 0.409. The van der Waals surface area contributed by atoms with Crippen molar-refractivity contribution in [2.45, 2.75) is 0 Å². The summed E-state index contributed by atoms with van der Waals surface area (Å²) in [5, 5.41) is 21.1. The molecule has 2 heterocycles. The summed E-state index contributed by atoms with van der Waals surface area (Å²) < 4.78 is 2.29. The molecule has 10 aromatic carbocycles. The topological polar surface area (TPSA) is 93.5 Å². The van der Waals surface area contributed by atoms with Crippen LogP contribution in [-0.2, 0) is 0 Å². The molecule has 2 aromatic heterocycles. The van der Waals surface area contributed by atoms with Crippen molar-refractivity contribution < 1.29 is 0 Å². The zero-order valence-corrected chi connectivity index (χ0v) is 41.2. The lowest BCUT2D eigenvalue weighted by molar-refractivity contribution is 1.18. The highest BCUT2D eigenvalue weighted by atomic mass is 15.1. The van der Waals surface area contributed by atoms with Crippen molar-refractivity contribution >= 4 is 67.3 Å². The van der Waals surface area contributed by atoms with Gasteiger partial charge in [-0.1, -0.05) is 97.1 Å². The second-order valence-corrected chi connectivity index (χ2v) is 18.3. The Morgan fingerprint density at radius 3 is 1.17 bits per heavy atom. The van der Waals surface area contributed by atoms with E-state index in [-0.39, 0.29) is 0 Å². The van der Waals surface area contributed by atoms with Crippen LogP contribution in [0.1, 0.15) is 11.1 Å². The SMILES string of the molecule is [C-]#[N+]c1cc(-c2cc(-c3ccc(C#N)cc3)nc(-c3ccc(C#N)cc3)n2)cc([N+]#[C-])c1-c1ccc(-n2c3ccc(N(c4ccccc4)c4ccccc4)cc3c3cc(N(c4ccccc4)c4ccccc4)ccc32)cc1. The van der Waals surface area contributed by atoms with Crippen LogP contribution in [0.5, 0.6) is 0 Å². The van der Waals surface area contributed by atoms with Crippen LogP contribution in [0.25, 0.3) is 82.2 Å². The largest absolute Gasteiger partial charge is 0.310 e. The first kappa shape index (κ1) is 46.7. The van der Waals surface area contributed by atoms with Crippen molar-refractivity contribution in [3.63, 3.8) is 0 Å². The molecule has 0 N–H and O–H groups in total. The summed E-state index contributed by atoms with van der Waals surface area (Å²) in [6, 6.07) is 87.0. The second kappa shape index (κ2) is 20.3. The van der Waals surface area contributed by atoms with Gasteiger partial charge in [-0.25, -0.2) is 19.7 Å². The number of rotatable bonds is 11. The van der Waals surface area contributed by atoms with Gasteiger partial charge in [0.2, 0.25) is 0 Å². The number of anilines is 6.